The van der Waals surface area contributed by atoms with Crippen molar-refractivity contribution in [3.63, 3.8) is 0 Å². The molecule has 1 aliphatic heterocycles. The first-order valence-corrected chi connectivity index (χ1v) is 9.37. The van der Waals surface area contributed by atoms with Crippen LogP contribution in [-0.4, -0.2) is 30.4 Å². The van der Waals surface area contributed by atoms with Crippen LogP contribution in [0.15, 0.2) is 0 Å². The highest BCUT2D eigenvalue weighted by Gasteiger charge is 2.72. The number of hydrogen-bond acceptors (Lipinski definition) is 3. The van der Waals surface area contributed by atoms with E-state index >= 15 is 0 Å². The van der Waals surface area contributed by atoms with Crippen molar-refractivity contribution in [3.8, 4) is 0 Å². The molecule has 0 N–H and O–H groups in total. The number of fused-ring (bicyclic) bond motifs is 1. The van der Waals surface area contributed by atoms with E-state index in [-0.39, 0.29) is 34.4 Å². The van der Waals surface area contributed by atoms with Gasteiger partial charge in [0.25, 0.3) is 0 Å². The highest BCUT2D eigenvalue weighted by atomic mass is 32.2. The zero-order valence-corrected chi connectivity index (χ0v) is 13.2. The lowest BCUT2D eigenvalue weighted by atomic mass is 9.69. The van der Waals surface area contributed by atoms with E-state index in [2.05, 4.69) is 13.8 Å². The minimum Gasteiger partial charge on any atom is -0.273 e. The molecule has 0 unspecified atom stereocenters. The van der Waals surface area contributed by atoms with Gasteiger partial charge in [-0.1, -0.05) is 20.8 Å². The summed E-state index contributed by atoms with van der Waals surface area (Å²) in [5.41, 5.74) is -0.126. The van der Waals surface area contributed by atoms with Crippen LogP contribution in [0.1, 0.15) is 46.5 Å². The molecule has 0 aromatic heterocycles. The maximum atomic E-state index is 12.6. The predicted molar refractivity (Wildman–Crippen MR) is 75.2 cm³/mol. The van der Waals surface area contributed by atoms with E-state index in [1.807, 2.05) is 6.92 Å². The number of carbonyl (C=O) groups is 1. The van der Waals surface area contributed by atoms with E-state index < -0.39 is 10.0 Å². The van der Waals surface area contributed by atoms with Crippen LogP contribution in [0.25, 0.3) is 0 Å². The molecular weight excluding hydrogens is 274 g/mol. The number of sulfonamides is 1. The van der Waals surface area contributed by atoms with Crippen molar-refractivity contribution in [3.05, 3.63) is 0 Å². The standard InChI is InChI=1S/C15H23NO3S/c1-9-6-11(9)13(17)16-12-7-10-4-5-15(12,14(10,2)3)8-20(16,18)19/h9-12H,4-8H2,1-3H3/t9-,10+,11-,12+,15-/m0/s1. The predicted octanol–water partition coefficient (Wildman–Crippen LogP) is 2.01. The Hall–Kier alpha value is -0.580. The highest BCUT2D eigenvalue weighted by molar-refractivity contribution is 7.90. The van der Waals surface area contributed by atoms with Crippen molar-refractivity contribution in [1.29, 1.82) is 0 Å². The Bertz CT molecular complexity index is 596. The second-order valence-corrected chi connectivity index (χ2v) is 9.92. The van der Waals surface area contributed by atoms with Crippen molar-refractivity contribution in [2.75, 3.05) is 5.75 Å². The molecule has 112 valence electrons. The maximum Gasteiger partial charge on any atom is 0.239 e. The summed E-state index contributed by atoms with van der Waals surface area (Å²) >= 11 is 0. The fourth-order valence-electron chi connectivity index (χ4n) is 5.41. The second-order valence-electron chi connectivity index (χ2n) is 8.07. The number of hydrogen-bond donors (Lipinski definition) is 0. The number of rotatable bonds is 1. The largest absolute Gasteiger partial charge is 0.273 e. The van der Waals surface area contributed by atoms with E-state index in [1.165, 1.54) is 4.31 Å². The molecular formula is C15H23NO3S. The molecule has 1 heterocycles. The Labute approximate surface area is 121 Å². The van der Waals surface area contributed by atoms with Crippen LogP contribution < -0.4 is 0 Å². The minimum atomic E-state index is -3.41. The van der Waals surface area contributed by atoms with Crippen molar-refractivity contribution >= 4 is 15.9 Å². The van der Waals surface area contributed by atoms with E-state index in [4.69, 9.17) is 0 Å². The van der Waals surface area contributed by atoms with Crippen LogP contribution in [-0.2, 0) is 14.8 Å². The molecule has 4 nitrogen and oxygen atoms in total. The SMILES string of the molecule is C[C@H]1C[C@@H]1C(=O)N1[C@@H]2C[C@H]3CC[C@@]2(CS1(=O)=O)C3(C)C. The topological polar surface area (TPSA) is 54.5 Å². The molecule has 20 heavy (non-hydrogen) atoms. The van der Waals surface area contributed by atoms with Gasteiger partial charge in [0.15, 0.2) is 0 Å². The number of nitrogens with zero attached hydrogens (tertiary/aromatic N) is 1. The first-order valence-electron chi connectivity index (χ1n) is 7.77. The second kappa shape index (κ2) is 3.42. The number of carbonyl (C=O) groups excluding carboxylic acids is 1. The quantitative estimate of drug-likeness (QED) is 0.744. The van der Waals surface area contributed by atoms with Crippen molar-refractivity contribution in [2.24, 2.45) is 28.6 Å². The molecule has 4 aliphatic rings. The van der Waals surface area contributed by atoms with E-state index in [0.29, 0.717) is 11.8 Å². The molecule has 1 spiro atoms. The van der Waals surface area contributed by atoms with Gasteiger partial charge < -0.3 is 0 Å². The first-order chi connectivity index (χ1) is 9.21. The molecule has 4 rings (SSSR count). The summed E-state index contributed by atoms with van der Waals surface area (Å²) in [6.07, 6.45) is 3.84. The smallest absolute Gasteiger partial charge is 0.239 e. The summed E-state index contributed by atoms with van der Waals surface area (Å²) in [5, 5.41) is 0. The average molecular weight is 297 g/mol. The van der Waals surface area contributed by atoms with Crippen LogP contribution in [0.5, 0.6) is 0 Å². The van der Waals surface area contributed by atoms with Crippen LogP contribution in [0.4, 0.5) is 0 Å². The van der Waals surface area contributed by atoms with Crippen LogP contribution in [0.2, 0.25) is 0 Å². The Kier molecular flexibility index (Phi) is 2.24. The molecule has 5 atom stereocenters. The fraction of sp³-hybridized carbons (Fsp3) is 0.933. The Balaban J connectivity index is 1.77. The third-order valence-corrected chi connectivity index (χ3v) is 8.97. The third-order valence-electron chi connectivity index (χ3n) is 7.06. The fourth-order valence-corrected chi connectivity index (χ4v) is 7.99. The van der Waals surface area contributed by atoms with Crippen molar-refractivity contribution in [2.45, 2.75) is 52.5 Å². The van der Waals surface area contributed by atoms with E-state index in [1.54, 1.807) is 0 Å². The van der Waals surface area contributed by atoms with Crippen molar-refractivity contribution in [1.82, 2.24) is 4.31 Å². The summed E-state index contributed by atoms with van der Waals surface area (Å²) in [6.45, 7) is 6.47. The highest BCUT2D eigenvalue weighted by Crippen LogP contribution is 2.70. The zero-order valence-electron chi connectivity index (χ0n) is 12.4. The summed E-state index contributed by atoms with van der Waals surface area (Å²) < 4.78 is 26.6. The molecule has 1 amide bonds. The summed E-state index contributed by atoms with van der Waals surface area (Å²) in [6, 6.07) is -0.0541. The van der Waals surface area contributed by atoms with Crippen LogP contribution in [0.3, 0.4) is 0 Å². The molecule has 0 aromatic carbocycles. The maximum absolute atomic E-state index is 12.6. The molecule has 3 saturated carbocycles. The van der Waals surface area contributed by atoms with Gasteiger partial charge in [0.1, 0.15) is 0 Å². The molecule has 0 radical (unpaired) electrons. The van der Waals surface area contributed by atoms with Gasteiger partial charge in [0.2, 0.25) is 15.9 Å². The Morgan fingerprint density at radius 2 is 1.90 bits per heavy atom. The normalized spacial score (nSPS) is 50.2. The summed E-state index contributed by atoms with van der Waals surface area (Å²) in [5.74, 6) is 0.988. The van der Waals surface area contributed by atoms with Gasteiger partial charge >= 0.3 is 0 Å². The van der Waals surface area contributed by atoms with Crippen LogP contribution in [0, 0.1) is 28.6 Å². The van der Waals surface area contributed by atoms with Gasteiger partial charge in [0.05, 0.1) is 11.8 Å². The Morgan fingerprint density at radius 3 is 2.45 bits per heavy atom. The van der Waals surface area contributed by atoms with Gasteiger partial charge in [-0.2, -0.15) is 0 Å². The van der Waals surface area contributed by atoms with Gasteiger partial charge in [-0.3, -0.25) is 4.79 Å². The zero-order chi connectivity index (χ0) is 14.5. The van der Waals surface area contributed by atoms with Gasteiger partial charge in [-0.15, -0.1) is 0 Å². The average Bonchev–Trinajstić information content (AvgIpc) is 2.88. The lowest BCUT2D eigenvalue weighted by Gasteiger charge is -2.37. The van der Waals surface area contributed by atoms with Gasteiger partial charge in [-0.05, 0) is 42.9 Å². The molecule has 3 aliphatic carbocycles. The number of amides is 1. The molecule has 4 fully saturated rings. The van der Waals surface area contributed by atoms with Gasteiger partial charge in [0, 0.05) is 11.3 Å². The van der Waals surface area contributed by atoms with Crippen LogP contribution >= 0.6 is 0 Å². The van der Waals surface area contributed by atoms with E-state index in [0.717, 1.165) is 25.7 Å². The molecule has 2 bridgehead atoms. The lowest BCUT2D eigenvalue weighted by Crippen LogP contribution is -2.44. The summed E-state index contributed by atoms with van der Waals surface area (Å²) in [4.78, 5) is 12.6. The third kappa shape index (κ3) is 1.29. The monoisotopic (exact) mass is 297 g/mol. The van der Waals surface area contributed by atoms with E-state index in [9.17, 15) is 13.2 Å². The van der Waals surface area contributed by atoms with Crippen molar-refractivity contribution < 1.29 is 13.2 Å². The minimum absolute atomic E-state index is 0.0397. The lowest BCUT2D eigenvalue weighted by molar-refractivity contribution is -0.130. The Morgan fingerprint density at radius 1 is 1.25 bits per heavy atom. The summed E-state index contributed by atoms with van der Waals surface area (Å²) in [7, 11) is -3.41. The molecule has 5 heteroatoms. The van der Waals surface area contributed by atoms with Gasteiger partial charge in [-0.25, -0.2) is 12.7 Å². The molecule has 1 saturated heterocycles. The molecule has 0 aromatic rings. The first kappa shape index (κ1) is 13.1.